The Morgan fingerprint density at radius 2 is 1.62 bits per heavy atom. The predicted molar refractivity (Wildman–Crippen MR) is 101 cm³/mol. The van der Waals surface area contributed by atoms with Crippen molar-refractivity contribution in [3.63, 3.8) is 0 Å². The van der Waals surface area contributed by atoms with E-state index in [1.54, 1.807) is 37.3 Å². The van der Waals surface area contributed by atoms with Crippen molar-refractivity contribution < 1.29 is 19.1 Å². The van der Waals surface area contributed by atoms with Gasteiger partial charge in [-0.1, -0.05) is 29.3 Å². The fourth-order valence-electron chi connectivity index (χ4n) is 2.05. The highest BCUT2D eigenvalue weighted by Crippen LogP contribution is 2.29. The molecule has 8 heteroatoms. The lowest BCUT2D eigenvalue weighted by Gasteiger charge is -2.09. The first-order valence-electron chi connectivity index (χ1n) is 7.71. The lowest BCUT2D eigenvalue weighted by Crippen LogP contribution is -2.21. The van der Waals surface area contributed by atoms with Gasteiger partial charge >= 0.3 is 5.97 Å². The van der Waals surface area contributed by atoms with E-state index in [0.29, 0.717) is 22.0 Å². The number of hydrogen-bond acceptors (Lipinski definition) is 4. The summed E-state index contributed by atoms with van der Waals surface area (Å²) in [6.07, 6.45) is -0.400. The maximum Gasteiger partial charge on any atom is 0.338 e. The summed E-state index contributed by atoms with van der Waals surface area (Å²) in [6, 6.07) is 11.0. The van der Waals surface area contributed by atoms with E-state index in [2.05, 4.69) is 10.6 Å². The number of benzene rings is 2. The van der Waals surface area contributed by atoms with E-state index in [4.69, 9.17) is 27.9 Å². The summed E-state index contributed by atoms with van der Waals surface area (Å²) in [5.74, 6) is -1.48. The summed E-state index contributed by atoms with van der Waals surface area (Å²) in [6.45, 7) is 2.00. The van der Waals surface area contributed by atoms with E-state index in [-0.39, 0.29) is 11.6 Å². The van der Waals surface area contributed by atoms with Crippen molar-refractivity contribution in [1.29, 1.82) is 0 Å². The van der Waals surface area contributed by atoms with Gasteiger partial charge in [0.1, 0.15) is 6.42 Å². The van der Waals surface area contributed by atoms with E-state index in [1.165, 1.54) is 12.1 Å². The third-order valence-corrected chi connectivity index (χ3v) is 4.05. The van der Waals surface area contributed by atoms with E-state index < -0.39 is 24.2 Å². The van der Waals surface area contributed by atoms with Crippen molar-refractivity contribution in [3.8, 4) is 0 Å². The van der Waals surface area contributed by atoms with Crippen LogP contribution in [0.15, 0.2) is 42.5 Å². The number of nitrogens with one attached hydrogen (secondary N) is 2. The van der Waals surface area contributed by atoms with Crippen LogP contribution in [-0.2, 0) is 14.3 Å². The maximum absolute atomic E-state index is 12.0. The average molecular weight is 395 g/mol. The molecule has 2 aromatic carbocycles. The van der Waals surface area contributed by atoms with Crippen molar-refractivity contribution in [2.45, 2.75) is 13.3 Å². The van der Waals surface area contributed by atoms with Crippen LogP contribution in [0.4, 0.5) is 11.4 Å². The highest BCUT2D eigenvalue weighted by atomic mass is 35.5. The lowest BCUT2D eigenvalue weighted by molar-refractivity contribution is -0.123. The van der Waals surface area contributed by atoms with Crippen molar-refractivity contribution in [1.82, 2.24) is 0 Å². The van der Waals surface area contributed by atoms with Crippen LogP contribution in [0.5, 0.6) is 0 Å². The van der Waals surface area contributed by atoms with Gasteiger partial charge in [-0.2, -0.15) is 0 Å². The summed E-state index contributed by atoms with van der Waals surface area (Å²) >= 11 is 11.9. The van der Waals surface area contributed by atoms with Gasteiger partial charge in [0, 0.05) is 5.69 Å². The maximum atomic E-state index is 12.0. The minimum Gasteiger partial charge on any atom is -0.462 e. The molecular formula is C18H16Cl2N2O4. The van der Waals surface area contributed by atoms with Crippen LogP contribution >= 0.6 is 23.2 Å². The standard InChI is InChI=1S/C18H16Cl2N2O4/c1-2-26-18(25)11-6-8-12(9-7-11)21-15(23)10-16(24)22-14-5-3-4-13(19)17(14)20/h3-9H,2,10H2,1H3,(H,21,23)(H,22,24). The van der Waals surface area contributed by atoms with Crippen molar-refractivity contribution in [3.05, 3.63) is 58.1 Å². The highest BCUT2D eigenvalue weighted by Gasteiger charge is 2.13. The molecule has 0 fully saturated rings. The largest absolute Gasteiger partial charge is 0.462 e. The molecule has 0 saturated carbocycles. The van der Waals surface area contributed by atoms with Crippen LogP contribution in [-0.4, -0.2) is 24.4 Å². The van der Waals surface area contributed by atoms with Crippen molar-refractivity contribution in [2.24, 2.45) is 0 Å². The third kappa shape index (κ3) is 5.47. The molecule has 2 rings (SSSR count). The number of carbonyl (C=O) groups is 3. The zero-order valence-corrected chi connectivity index (χ0v) is 15.4. The monoisotopic (exact) mass is 394 g/mol. The molecule has 0 unspecified atom stereocenters. The number of anilines is 2. The highest BCUT2D eigenvalue weighted by molar-refractivity contribution is 6.44. The number of amides is 2. The average Bonchev–Trinajstić information content (AvgIpc) is 2.59. The Kier molecular flexibility index (Phi) is 7.00. The van der Waals surface area contributed by atoms with Crippen molar-refractivity contribution >= 4 is 52.4 Å². The number of halogens is 2. The van der Waals surface area contributed by atoms with Gasteiger partial charge in [-0.25, -0.2) is 4.79 Å². The molecule has 2 amide bonds. The first-order valence-corrected chi connectivity index (χ1v) is 8.47. The molecule has 2 N–H and O–H groups in total. The Bertz CT molecular complexity index is 822. The normalized spacial score (nSPS) is 10.1. The molecule has 26 heavy (non-hydrogen) atoms. The smallest absolute Gasteiger partial charge is 0.338 e. The Morgan fingerprint density at radius 3 is 2.27 bits per heavy atom. The van der Waals surface area contributed by atoms with E-state index in [1.807, 2.05) is 0 Å². The SMILES string of the molecule is CCOC(=O)c1ccc(NC(=O)CC(=O)Nc2cccc(Cl)c2Cl)cc1. The summed E-state index contributed by atoms with van der Waals surface area (Å²) in [5.41, 5.74) is 1.16. The second-order valence-corrected chi connectivity index (χ2v) is 5.96. The minimum atomic E-state index is -0.533. The molecule has 0 bridgehead atoms. The second-order valence-electron chi connectivity index (χ2n) is 5.17. The molecule has 2 aromatic rings. The van der Waals surface area contributed by atoms with Crippen LogP contribution in [0.3, 0.4) is 0 Å². The summed E-state index contributed by atoms with van der Waals surface area (Å²) in [5, 5.41) is 5.61. The third-order valence-electron chi connectivity index (χ3n) is 3.23. The fraction of sp³-hybridized carbons (Fsp3) is 0.167. The first-order chi connectivity index (χ1) is 12.4. The Labute approximate surface area is 160 Å². The van der Waals surface area contributed by atoms with Crippen LogP contribution in [0, 0.1) is 0 Å². The molecule has 0 radical (unpaired) electrons. The number of carbonyl (C=O) groups excluding carboxylic acids is 3. The molecule has 0 spiro atoms. The molecule has 6 nitrogen and oxygen atoms in total. The number of esters is 1. The number of hydrogen-bond donors (Lipinski definition) is 2. The summed E-state index contributed by atoms with van der Waals surface area (Å²) in [4.78, 5) is 35.5. The Hall–Kier alpha value is -2.57. The second kappa shape index (κ2) is 9.22. The molecule has 0 aromatic heterocycles. The van der Waals surface area contributed by atoms with Gasteiger partial charge in [0.25, 0.3) is 0 Å². The molecule has 0 aliphatic heterocycles. The topological polar surface area (TPSA) is 84.5 Å². The van der Waals surface area contributed by atoms with Gasteiger partial charge in [0.15, 0.2) is 0 Å². The van der Waals surface area contributed by atoms with Crippen LogP contribution in [0.25, 0.3) is 0 Å². The molecule has 0 atom stereocenters. The van der Waals surface area contributed by atoms with Gasteiger partial charge in [-0.15, -0.1) is 0 Å². The number of ether oxygens (including phenoxy) is 1. The van der Waals surface area contributed by atoms with Gasteiger partial charge in [-0.3, -0.25) is 9.59 Å². The quantitative estimate of drug-likeness (QED) is 0.569. The van der Waals surface area contributed by atoms with Gasteiger partial charge in [-0.05, 0) is 43.3 Å². The zero-order valence-electron chi connectivity index (χ0n) is 13.8. The fourth-order valence-corrected chi connectivity index (χ4v) is 2.40. The molecule has 0 aliphatic rings. The van der Waals surface area contributed by atoms with E-state index in [0.717, 1.165) is 0 Å². The molecule has 0 aliphatic carbocycles. The van der Waals surface area contributed by atoms with Gasteiger partial charge in [0.05, 0.1) is 27.9 Å². The molecule has 0 heterocycles. The minimum absolute atomic E-state index is 0.206. The first kappa shape index (κ1) is 19.8. The van der Waals surface area contributed by atoms with Crippen LogP contribution in [0.2, 0.25) is 10.0 Å². The van der Waals surface area contributed by atoms with Gasteiger partial charge in [0.2, 0.25) is 11.8 Å². The lowest BCUT2D eigenvalue weighted by atomic mass is 10.2. The van der Waals surface area contributed by atoms with Crippen LogP contribution < -0.4 is 10.6 Å². The van der Waals surface area contributed by atoms with Gasteiger partial charge < -0.3 is 15.4 Å². The Balaban J connectivity index is 1.90. The summed E-state index contributed by atoms with van der Waals surface area (Å²) < 4.78 is 4.88. The molecule has 0 saturated heterocycles. The van der Waals surface area contributed by atoms with E-state index >= 15 is 0 Å². The Morgan fingerprint density at radius 1 is 0.962 bits per heavy atom. The zero-order chi connectivity index (χ0) is 19.1. The predicted octanol–water partition coefficient (Wildman–Crippen LogP) is 4.14. The number of rotatable bonds is 6. The van der Waals surface area contributed by atoms with Crippen molar-refractivity contribution in [2.75, 3.05) is 17.2 Å². The van der Waals surface area contributed by atoms with Crippen LogP contribution in [0.1, 0.15) is 23.7 Å². The van der Waals surface area contributed by atoms with E-state index in [9.17, 15) is 14.4 Å². The summed E-state index contributed by atoms with van der Waals surface area (Å²) in [7, 11) is 0. The molecule has 136 valence electrons. The molecular weight excluding hydrogens is 379 g/mol.